The van der Waals surface area contributed by atoms with E-state index >= 15 is 0 Å². The van der Waals surface area contributed by atoms with Crippen molar-refractivity contribution in [3.8, 4) is 0 Å². The summed E-state index contributed by atoms with van der Waals surface area (Å²) >= 11 is 0. The monoisotopic (exact) mass is 279 g/mol. The van der Waals surface area contributed by atoms with Gasteiger partial charge in [0.15, 0.2) is 0 Å². The van der Waals surface area contributed by atoms with E-state index in [9.17, 15) is 13.2 Å². The van der Waals surface area contributed by atoms with Gasteiger partial charge in [0.25, 0.3) is 0 Å². The lowest BCUT2D eigenvalue weighted by atomic mass is 9.94. The van der Waals surface area contributed by atoms with Gasteiger partial charge in [-0.3, -0.25) is 0 Å². The average molecular weight is 279 g/mol. The molecule has 1 unspecified atom stereocenters. The molecule has 106 valence electrons. The molecule has 0 aliphatic carbocycles. The summed E-state index contributed by atoms with van der Waals surface area (Å²) in [5, 5.41) is 0. The van der Waals surface area contributed by atoms with Gasteiger partial charge < -0.3 is 5.73 Å². The molecule has 0 fully saturated rings. The zero-order valence-electron chi connectivity index (χ0n) is 11.6. The summed E-state index contributed by atoms with van der Waals surface area (Å²) in [6, 6.07) is 4.64. The minimum atomic E-state index is -0.757. The van der Waals surface area contributed by atoms with Crippen LogP contribution in [0.1, 0.15) is 33.9 Å². The number of aryl methyl sites for hydroxylation is 3. The second-order valence-electron chi connectivity index (χ2n) is 5.07. The van der Waals surface area contributed by atoms with Gasteiger partial charge in [-0.15, -0.1) is 0 Å². The lowest BCUT2D eigenvalue weighted by Crippen LogP contribution is -2.15. The topological polar surface area (TPSA) is 26.0 Å². The quantitative estimate of drug-likeness (QED) is 0.880. The normalized spacial score (nSPS) is 12.6. The fourth-order valence-corrected chi connectivity index (χ4v) is 2.26. The molecule has 1 nitrogen and oxygen atoms in total. The van der Waals surface area contributed by atoms with Crippen LogP contribution in [0.25, 0.3) is 0 Å². The molecule has 2 aromatic carbocycles. The zero-order chi connectivity index (χ0) is 15.0. The number of hydrogen-bond donors (Lipinski definition) is 1. The molecule has 0 aliphatic heterocycles. The molecule has 2 rings (SSSR count). The third kappa shape index (κ3) is 2.56. The first kappa shape index (κ1) is 14.6. The molecule has 20 heavy (non-hydrogen) atoms. The maximum atomic E-state index is 13.9. The number of nitrogens with two attached hydrogens (primary N) is 1. The van der Waals surface area contributed by atoms with Crippen molar-refractivity contribution in [2.45, 2.75) is 26.8 Å². The van der Waals surface area contributed by atoms with Crippen LogP contribution in [-0.2, 0) is 0 Å². The van der Waals surface area contributed by atoms with Crippen LogP contribution in [0.5, 0.6) is 0 Å². The largest absolute Gasteiger partial charge is 0.320 e. The van der Waals surface area contributed by atoms with Crippen molar-refractivity contribution in [2.24, 2.45) is 5.73 Å². The third-order valence-electron chi connectivity index (χ3n) is 3.43. The highest BCUT2D eigenvalue weighted by atomic mass is 19.1. The van der Waals surface area contributed by atoms with E-state index < -0.39 is 17.7 Å². The Morgan fingerprint density at radius 1 is 0.800 bits per heavy atom. The smallest absolute Gasteiger partial charge is 0.131 e. The lowest BCUT2D eigenvalue weighted by molar-refractivity contribution is 0.560. The van der Waals surface area contributed by atoms with E-state index in [1.165, 1.54) is 6.07 Å². The second-order valence-corrected chi connectivity index (χ2v) is 5.07. The Morgan fingerprint density at radius 3 is 1.90 bits per heavy atom. The maximum absolute atomic E-state index is 13.9. The van der Waals surface area contributed by atoms with Gasteiger partial charge in [0.05, 0.1) is 6.04 Å². The number of halogens is 3. The molecule has 0 saturated heterocycles. The van der Waals surface area contributed by atoms with Gasteiger partial charge in [-0.05, 0) is 49.1 Å². The van der Waals surface area contributed by atoms with Crippen molar-refractivity contribution in [1.29, 1.82) is 0 Å². The summed E-state index contributed by atoms with van der Waals surface area (Å²) in [5.41, 5.74) is 8.08. The Morgan fingerprint density at radius 2 is 1.35 bits per heavy atom. The number of rotatable bonds is 2. The minimum absolute atomic E-state index is 0.203. The highest BCUT2D eigenvalue weighted by molar-refractivity contribution is 5.39. The molecule has 1 atom stereocenters. The molecule has 0 spiro atoms. The Balaban J connectivity index is 2.51. The summed E-state index contributed by atoms with van der Waals surface area (Å²) in [6.45, 7) is 4.81. The van der Waals surface area contributed by atoms with Crippen molar-refractivity contribution < 1.29 is 13.2 Å². The van der Waals surface area contributed by atoms with Gasteiger partial charge in [0, 0.05) is 11.6 Å². The molecule has 4 heteroatoms. The van der Waals surface area contributed by atoms with Crippen molar-refractivity contribution >= 4 is 0 Å². The Bertz CT molecular complexity index is 642. The van der Waals surface area contributed by atoms with Gasteiger partial charge >= 0.3 is 0 Å². The standard InChI is InChI=1S/C16H16F3N/c1-8-6-12(14(18)7-13(8)17)16(20)11-4-9(2)15(19)10(3)5-11/h4-7,16H,20H2,1-3H3. The van der Waals surface area contributed by atoms with Crippen LogP contribution >= 0.6 is 0 Å². The van der Waals surface area contributed by atoms with E-state index in [-0.39, 0.29) is 11.4 Å². The van der Waals surface area contributed by atoms with Crippen molar-refractivity contribution in [3.63, 3.8) is 0 Å². The summed E-state index contributed by atoms with van der Waals surface area (Å²) in [6.07, 6.45) is 0. The second kappa shape index (κ2) is 5.29. The molecule has 0 radical (unpaired) electrons. The van der Waals surface area contributed by atoms with Crippen LogP contribution < -0.4 is 5.73 Å². The molecule has 0 bridgehead atoms. The maximum Gasteiger partial charge on any atom is 0.131 e. The van der Waals surface area contributed by atoms with Crippen LogP contribution in [0.15, 0.2) is 24.3 Å². The summed E-state index contributed by atoms with van der Waals surface area (Å²) in [7, 11) is 0. The fraction of sp³-hybridized carbons (Fsp3) is 0.250. The predicted octanol–water partition coefficient (Wildman–Crippen LogP) is 4.08. The van der Waals surface area contributed by atoms with Crippen molar-refractivity contribution in [1.82, 2.24) is 0 Å². The molecular weight excluding hydrogens is 263 g/mol. The van der Waals surface area contributed by atoms with Crippen LogP contribution in [-0.4, -0.2) is 0 Å². The highest BCUT2D eigenvalue weighted by Gasteiger charge is 2.17. The molecule has 0 amide bonds. The molecule has 0 heterocycles. The van der Waals surface area contributed by atoms with Gasteiger partial charge in [-0.2, -0.15) is 0 Å². The molecule has 0 aliphatic rings. The SMILES string of the molecule is Cc1cc(C(N)c2cc(C)c(F)c(C)c2)c(F)cc1F. The lowest BCUT2D eigenvalue weighted by Gasteiger charge is -2.16. The molecule has 2 aromatic rings. The van der Waals surface area contributed by atoms with Crippen molar-refractivity contribution in [2.75, 3.05) is 0 Å². The molecular formula is C16H16F3N. The van der Waals surface area contributed by atoms with E-state index in [0.717, 1.165) is 6.07 Å². The van der Waals surface area contributed by atoms with E-state index in [4.69, 9.17) is 5.73 Å². The predicted molar refractivity (Wildman–Crippen MR) is 73.0 cm³/mol. The van der Waals surface area contributed by atoms with Crippen LogP contribution in [0.4, 0.5) is 13.2 Å². The molecule has 0 aromatic heterocycles. The van der Waals surface area contributed by atoms with Gasteiger partial charge in [0.1, 0.15) is 17.5 Å². The summed E-state index contributed by atoms with van der Waals surface area (Å²) in [4.78, 5) is 0. The first-order valence-corrected chi connectivity index (χ1v) is 6.29. The van der Waals surface area contributed by atoms with E-state index in [1.807, 2.05) is 0 Å². The summed E-state index contributed by atoms with van der Waals surface area (Å²) < 4.78 is 40.7. The minimum Gasteiger partial charge on any atom is -0.320 e. The van der Waals surface area contributed by atoms with Gasteiger partial charge in [-0.1, -0.05) is 12.1 Å². The first-order chi connectivity index (χ1) is 9.31. The van der Waals surface area contributed by atoms with E-state index in [1.54, 1.807) is 32.9 Å². The van der Waals surface area contributed by atoms with Crippen LogP contribution in [0, 0.1) is 38.2 Å². The Kier molecular flexibility index (Phi) is 3.86. The first-order valence-electron chi connectivity index (χ1n) is 6.29. The van der Waals surface area contributed by atoms with E-state index in [0.29, 0.717) is 22.3 Å². The Hall–Kier alpha value is -1.81. The van der Waals surface area contributed by atoms with Crippen LogP contribution in [0.2, 0.25) is 0 Å². The average Bonchev–Trinajstić information content (AvgIpc) is 2.38. The van der Waals surface area contributed by atoms with Gasteiger partial charge in [0.2, 0.25) is 0 Å². The number of benzene rings is 2. The highest BCUT2D eigenvalue weighted by Crippen LogP contribution is 2.27. The third-order valence-corrected chi connectivity index (χ3v) is 3.43. The number of hydrogen-bond acceptors (Lipinski definition) is 1. The van der Waals surface area contributed by atoms with Crippen LogP contribution in [0.3, 0.4) is 0 Å². The molecule has 2 N–H and O–H groups in total. The van der Waals surface area contributed by atoms with Crippen molar-refractivity contribution in [3.05, 3.63) is 69.5 Å². The zero-order valence-corrected chi connectivity index (χ0v) is 11.6. The van der Waals surface area contributed by atoms with E-state index in [2.05, 4.69) is 0 Å². The fourth-order valence-electron chi connectivity index (χ4n) is 2.26. The Labute approximate surface area is 116 Å². The van der Waals surface area contributed by atoms with Gasteiger partial charge in [-0.25, -0.2) is 13.2 Å². The summed E-state index contributed by atoms with van der Waals surface area (Å²) in [5.74, 6) is -1.60. The molecule has 0 saturated carbocycles.